The van der Waals surface area contributed by atoms with Crippen LogP contribution in [-0.4, -0.2) is 52.1 Å². The molecule has 0 spiro atoms. The summed E-state index contributed by atoms with van der Waals surface area (Å²) >= 11 is 7.48. The molecule has 2 aromatic heterocycles. The number of hydrogen-bond donors (Lipinski definition) is 0. The minimum absolute atomic E-state index is 0.0194. The molecule has 8 heteroatoms. The van der Waals surface area contributed by atoms with E-state index >= 15 is 0 Å². The molecule has 0 saturated carbocycles. The Balaban J connectivity index is 1.61. The van der Waals surface area contributed by atoms with Gasteiger partial charge >= 0.3 is 6.09 Å². The van der Waals surface area contributed by atoms with Crippen LogP contribution < -0.4 is 0 Å². The van der Waals surface area contributed by atoms with E-state index in [0.717, 1.165) is 22.1 Å². The van der Waals surface area contributed by atoms with Crippen LogP contribution in [0.15, 0.2) is 30.5 Å². The summed E-state index contributed by atoms with van der Waals surface area (Å²) in [6.07, 6.45) is 3.27. The number of carbonyl (C=O) groups is 2. The van der Waals surface area contributed by atoms with Gasteiger partial charge in [-0.1, -0.05) is 11.6 Å². The third kappa shape index (κ3) is 5.54. The third-order valence-corrected chi connectivity index (χ3v) is 6.09. The van der Waals surface area contributed by atoms with Gasteiger partial charge in [0.25, 0.3) is 5.91 Å². The number of carbonyl (C=O) groups excluding carboxylic acids is 2. The van der Waals surface area contributed by atoms with Crippen molar-refractivity contribution in [1.82, 2.24) is 14.4 Å². The number of thiophene rings is 1. The molecule has 3 heterocycles. The minimum atomic E-state index is -0.495. The summed E-state index contributed by atoms with van der Waals surface area (Å²) in [4.78, 5) is 29.8. The van der Waals surface area contributed by atoms with Gasteiger partial charge in [-0.15, -0.1) is 11.3 Å². The fourth-order valence-electron chi connectivity index (χ4n) is 3.48. The van der Waals surface area contributed by atoms with Crippen LogP contribution in [0.25, 0.3) is 0 Å². The molecule has 0 bridgehead atoms. The van der Waals surface area contributed by atoms with Gasteiger partial charge in [-0.3, -0.25) is 4.79 Å². The normalized spacial score (nSPS) is 15.4. The summed E-state index contributed by atoms with van der Waals surface area (Å²) in [7, 11) is 1.80. The molecule has 29 heavy (non-hydrogen) atoms. The maximum atomic E-state index is 13.0. The highest BCUT2D eigenvalue weighted by atomic mass is 35.5. The molecule has 0 aromatic carbocycles. The summed E-state index contributed by atoms with van der Waals surface area (Å²) in [5.41, 5.74) is 0.177. The van der Waals surface area contributed by atoms with E-state index in [2.05, 4.69) is 0 Å². The Kier molecular flexibility index (Phi) is 6.58. The van der Waals surface area contributed by atoms with E-state index in [9.17, 15) is 9.59 Å². The molecule has 2 aromatic rings. The summed E-state index contributed by atoms with van der Waals surface area (Å²) in [5.74, 6) is -0.0194. The highest BCUT2D eigenvalue weighted by Crippen LogP contribution is 2.27. The summed E-state index contributed by atoms with van der Waals surface area (Å²) in [5, 5.41) is 0. The van der Waals surface area contributed by atoms with Crippen molar-refractivity contribution in [3.63, 3.8) is 0 Å². The van der Waals surface area contributed by atoms with Crippen LogP contribution in [0.3, 0.4) is 0 Å². The first kappa shape index (κ1) is 21.7. The van der Waals surface area contributed by atoms with E-state index in [1.165, 1.54) is 11.3 Å². The average molecular weight is 438 g/mol. The number of halogens is 1. The highest BCUT2D eigenvalue weighted by Gasteiger charge is 2.29. The molecule has 1 fully saturated rings. The van der Waals surface area contributed by atoms with Gasteiger partial charge in [-0.2, -0.15) is 0 Å². The number of ether oxygens (including phenoxy) is 1. The molecule has 1 aliphatic heterocycles. The second-order valence-electron chi connectivity index (χ2n) is 8.37. The Labute approximate surface area is 181 Å². The zero-order chi connectivity index (χ0) is 21.2. The Bertz CT molecular complexity index is 863. The maximum Gasteiger partial charge on any atom is 0.410 e. The quantitative estimate of drug-likeness (QED) is 0.672. The number of amides is 2. The predicted molar refractivity (Wildman–Crippen MR) is 116 cm³/mol. The van der Waals surface area contributed by atoms with Crippen LogP contribution in [0.4, 0.5) is 4.79 Å². The first-order valence-corrected chi connectivity index (χ1v) is 11.0. The number of rotatable bonds is 4. The second kappa shape index (κ2) is 8.79. The second-order valence-corrected chi connectivity index (χ2v) is 10.2. The maximum absolute atomic E-state index is 13.0. The van der Waals surface area contributed by atoms with E-state index in [0.29, 0.717) is 25.3 Å². The fraction of sp³-hybridized carbons (Fsp3) is 0.524. The molecular weight excluding hydrogens is 410 g/mol. The standard InChI is InChI=1S/C21H28ClN3O3S/c1-21(2,3)28-20(27)24-12-9-15(10-13-24)25-11-5-6-17(25)19(26)23(4)14-16-7-8-18(22)29-16/h5-8,11,15H,9-10,12-14H2,1-4H3. The van der Waals surface area contributed by atoms with Gasteiger partial charge in [0.1, 0.15) is 11.3 Å². The van der Waals surface area contributed by atoms with Gasteiger partial charge in [-0.25, -0.2) is 4.79 Å². The number of aromatic nitrogens is 1. The lowest BCUT2D eigenvalue weighted by Crippen LogP contribution is -2.42. The summed E-state index contributed by atoms with van der Waals surface area (Å²) in [6, 6.07) is 7.75. The molecular formula is C21H28ClN3O3S. The largest absolute Gasteiger partial charge is 0.444 e. The number of hydrogen-bond acceptors (Lipinski definition) is 4. The van der Waals surface area contributed by atoms with Crippen molar-refractivity contribution in [1.29, 1.82) is 0 Å². The number of piperidine rings is 1. The predicted octanol–water partition coefficient (Wildman–Crippen LogP) is 5.05. The zero-order valence-electron chi connectivity index (χ0n) is 17.4. The lowest BCUT2D eigenvalue weighted by molar-refractivity contribution is 0.0186. The Hall–Kier alpha value is -1.99. The van der Waals surface area contributed by atoms with Crippen LogP contribution in [0.5, 0.6) is 0 Å². The highest BCUT2D eigenvalue weighted by molar-refractivity contribution is 7.16. The van der Waals surface area contributed by atoms with Crippen LogP contribution >= 0.6 is 22.9 Å². The lowest BCUT2D eigenvalue weighted by atomic mass is 10.0. The topological polar surface area (TPSA) is 54.8 Å². The molecule has 0 atom stereocenters. The zero-order valence-corrected chi connectivity index (χ0v) is 18.9. The van der Waals surface area contributed by atoms with Gasteiger partial charge in [0.2, 0.25) is 0 Å². The first-order valence-electron chi connectivity index (χ1n) is 9.78. The van der Waals surface area contributed by atoms with Gasteiger partial charge in [-0.05, 0) is 57.9 Å². The minimum Gasteiger partial charge on any atom is -0.444 e. The summed E-state index contributed by atoms with van der Waals surface area (Å²) in [6.45, 7) is 7.38. The van der Waals surface area contributed by atoms with Crippen LogP contribution in [-0.2, 0) is 11.3 Å². The Morgan fingerprint density at radius 3 is 2.52 bits per heavy atom. The van der Waals surface area contributed by atoms with Crippen molar-refractivity contribution in [3.05, 3.63) is 45.4 Å². The Morgan fingerprint density at radius 2 is 1.93 bits per heavy atom. The van der Waals surface area contributed by atoms with Gasteiger partial charge in [0, 0.05) is 37.3 Å². The van der Waals surface area contributed by atoms with E-state index in [-0.39, 0.29) is 18.0 Å². The van der Waals surface area contributed by atoms with Crippen LogP contribution in [0.2, 0.25) is 4.34 Å². The molecule has 0 N–H and O–H groups in total. The van der Waals surface area contributed by atoms with Gasteiger partial charge in [0.15, 0.2) is 0 Å². The third-order valence-electron chi connectivity index (χ3n) is 4.88. The summed E-state index contributed by atoms with van der Waals surface area (Å²) < 4.78 is 8.24. The van der Waals surface area contributed by atoms with Crippen molar-refractivity contribution in [2.24, 2.45) is 0 Å². The average Bonchev–Trinajstić information content (AvgIpc) is 3.29. The van der Waals surface area contributed by atoms with E-state index in [1.54, 1.807) is 16.8 Å². The first-order chi connectivity index (χ1) is 13.6. The van der Waals surface area contributed by atoms with E-state index < -0.39 is 5.60 Å². The molecule has 1 aliphatic rings. The monoisotopic (exact) mass is 437 g/mol. The molecule has 6 nitrogen and oxygen atoms in total. The molecule has 2 amide bonds. The van der Waals surface area contributed by atoms with Crippen LogP contribution in [0.1, 0.15) is 55.0 Å². The molecule has 0 radical (unpaired) electrons. The van der Waals surface area contributed by atoms with Crippen molar-refractivity contribution in [3.8, 4) is 0 Å². The molecule has 0 unspecified atom stereocenters. The van der Waals surface area contributed by atoms with E-state index in [4.69, 9.17) is 16.3 Å². The van der Waals surface area contributed by atoms with Crippen molar-refractivity contribution >= 4 is 34.9 Å². The molecule has 1 saturated heterocycles. The van der Waals surface area contributed by atoms with Crippen molar-refractivity contribution in [2.45, 2.75) is 51.8 Å². The van der Waals surface area contributed by atoms with E-state index in [1.807, 2.05) is 55.8 Å². The molecule has 3 rings (SSSR count). The lowest BCUT2D eigenvalue weighted by Gasteiger charge is -2.34. The van der Waals surface area contributed by atoms with Gasteiger partial charge in [0.05, 0.1) is 10.9 Å². The van der Waals surface area contributed by atoms with Crippen molar-refractivity contribution in [2.75, 3.05) is 20.1 Å². The van der Waals surface area contributed by atoms with Gasteiger partial charge < -0.3 is 19.1 Å². The van der Waals surface area contributed by atoms with Crippen LogP contribution in [0, 0.1) is 0 Å². The molecule has 0 aliphatic carbocycles. The SMILES string of the molecule is CN(Cc1ccc(Cl)s1)C(=O)c1cccn1C1CCN(C(=O)OC(C)(C)C)CC1. The fourth-order valence-corrected chi connectivity index (χ4v) is 4.63. The van der Waals surface area contributed by atoms with Crippen molar-refractivity contribution < 1.29 is 14.3 Å². The number of likely N-dealkylation sites (tertiary alicyclic amines) is 1. The number of nitrogens with zero attached hydrogens (tertiary/aromatic N) is 3. The Morgan fingerprint density at radius 1 is 1.24 bits per heavy atom. The molecule has 158 valence electrons. The smallest absolute Gasteiger partial charge is 0.410 e.